The SMILES string of the molecule is Cc1cc(C(=O)OCCC(=O)OCc2ccccc2)ccc1C#N. The summed E-state index contributed by atoms with van der Waals surface area (Å²) >= 11 is 0. The second-order valence-corrected chi connectivity index (χ2v) is 5.17. The summed E-state index contributed by atoms with van der Waals surface area (Å²) < 4.78 is 10.2. The molecule has 2 aromatic rings. The van der Waals surface area contributed by atoms with Crippen molar-refractivity contribution in [3.63, 3.8) is 0 Å². The third-order valence-corrected chi connectivity index (χ3v) is 3.36. The molecule has 2 aromatic carbocycles. The van der Waals surface area contributed by atoms with Gasteiger partial charge >= 0.3 is 11.9 Å². The summed E-state index contributed by atoms with van der Waals surface area (Å²) in [5.41, 5.74) is 2.46. The second-order valence-electron chi connectivity index (χ2n) is 5.17. The standard InChI is InChI=1S/C19H17NO4/c1-14-11-16(7-8-17(14)12-20)19(22)23-10-9-18(21)24-13-15-5-3-2-4-6-15/h2-8,11H,9-10,13H2,1H3. The van der Waals surface area contributed by atoms with Crippen molar-refractivity contribution in [2.24, 2.45) is 0 Å². The predicted octanol–water partition coefficient (Wildman–Crippen LogP) is 3.16. The summed E-state index contributed by atoms with van der Waals surface area (Å²) in [6, 6.07) is 16.1. The number of ether oxygens (including phenoxy) is 2. The molecule has 0 N–H and O–H groups in total. The largest absolute Gasteiger partial charge is 0.461 e. The Hall–Kier alpha value is -3.13. The summed E-state index contributed by atoms with van der Waals surface area (Å²) in [5.74, 6) is -0.957. The minimum atomic E-state index is -0.529. The van der Waals surface area contributed by atoms with Crippen LogP contribution in [-0.4, -0.2) is 18.5 Å². The normalized spacial score (nSPS) is 9.83. The molecular weight excluding hydrogens is 306 g/mol. The van der Waals surface area contributed by atoms with Crippen molar-refractivity contribution in [2.45, 2.75) is 20.0 Å². The first-order valence-electron chi connectivity index (χ1n) is 7.47. The molecular formula is C19H17NO4. The second kappa shape index (κ2) is 8.49. The van der Waals surface area contributed by atoms with E-state index in [0.29, 0.717) is 16.7 Å². The number of aryl methyl sites for hydroxylation is 1. The molecule has 0 radical (unpaired) electrons. The zero-order valence-corrected chi connectivity index (χ0v) is 13.3. The van der Waals surface area contributed by atoms with Crippen LogP contribution < -0.4 is 0 Å². The summed E-state index contributed by atoms with van der Waals surface area (Å²) in [6.07, 6.45) is -0.00612. The van der Waals surface area contributed by atoms with Gasteiger partial charge in [0, 0.05) is 0 Å². The minimum Gasteiger partial charge on any atom is -0.461 e. The number of hydrogen-bond acceptors (Lipinski definition) is 5. The van der Waals surface area contributed by atoms with E-state index in [9.17, 15) is 9.59 Å². The number of hydrogen-bond donors (Lipinski definition) is 0. The van der Waals surface area contributed by atoms with Gasteiger partial charge in [0.05, 0.1) is 23.6 Å². The van der Waals surface area contributed by atoms with Crippen molar-refractivity contribution in [1.82, 2.24) is 0 Å². The number of carbonyl (C=O) groups is 2. The van der Waals surface area contributed by atoms with Crippen LogP contribution in [0.5, 0.6) is 0 Å². The monoisotopic (exact) mass is 323 g/mol. The van der Waals surface area contributed by atoms with Gasteiger partial charge in [0.1, 0.15) is 13.2 Å². The fraction of sp³-hybridized carbons (Fsp3) is 0.211. The van der Waals surface area contributed by atoms with E-state index >= 15 is 0 Å². The van der Waals surface area contributed by atoms with Gasteiger partial charge in [-0.05, 0) is 36.2 Å². The van der Waals surface area contributed by atoms with Crippen LogP contribution in [0.2, 0.25) is 0 Å². The molecule has 0 unspecified atom stereocenters. The Kier molecular flexibility index (Phi) is 6.09. The highest BCUT2D eigenvalue weighted by Crippen LogP contribution is 2.11. The van der Waals surface area contributed by atoms with Crippen molar-refractivity contribution in [1.29, 1.82) is 5.26 Å². The van der Waals surface area contributed by atoms with Crippen LogP contribution in [0, 0.1) is 18.3 Å². The van der Waals surface area contributed by atoms with Crippen molar-refractivity contribution >= 4 is 11.9 Å². The Labute approximate surface area is 140 Å². The van der Waals surface area contributed by atoms with Gasteiger partial charge in [0.25, 0.3) is 0 Å². The third-order valence-electron chi connectivity index (χ3n) is 3.36. The fourth-order valence-electron chi connectivity index (χ4n) is 2.04. The molecule has 24 heavy (non-hydrogen) atoms. The smallest absolute Gasteiger partial charge is 0.338 e. The summed E-state index contributed by atoms with van der Waals surface area (Å²) in [6.45, 7) is 1.89. The fourth-order valence-corrected chi connectivity index (χ4v) is 2.04. The molecule has 0 aliphatic rings. The maximum atomic E-state index is 11.9. The van der Waals surface area contributed by atoms with E-state index in [1.54, 1.807) is 19.1 Å². The summed E-state index contributed by atoms with van der Waals surface area (Å²) in [7, 11) is 0. The molecule has 0 atom stereocenters. The maximum Gasteiger partial charge on any atom is 0.338 e. The first kappa shape index (κ1) is 17.2. The van der Waals surface area contributed by atoms with Gasteiger partial charge in [0.2, 0.25) is 0 Å². The number of carbonyl (C=O) groups excluding carboxylic acids is 2. The highest BCUT2D eigenvalue weighted by Gasteiger charge is 2.11. The van der Waals surface area contributed by atoms with Crippen LogP contribution in [0.25, 0.3) is 0 Å². The lowest BCUT2D eigenvalue weighted by atomic mass is 10.1. The molecule has 0 heterocycles. The van der Waals surface area contributed by atoms with E-state index < -0.39 is 11.9 Å². The van der Waals surface area contributed by atoms with Crippen molar-refractivity contribution < 1.29 is 19.1 Å². The van der Waals surface area contributed by atoms with Crippen LogP contribution in [0.4, 0.5) is 0 Å². The molecule has 0 saturated carbocycles. The molecule has 0 fully saturated rings. The van der Waals surface area contributed by atoms with Gasteiger partial charge in [-0.25, -0.2) is 4.79 Å². The average molecular weight is 323 g/mol. The Balaban J connectivity index is 1.75. The topological polar surface area (TPSA) is 76.4 Å². The number of rotatable bonds is 6. The molecule has 5 heteroatoms. The molecule has 122 valence electrons. The van der Waals surface area contributed by atoms with E-state index in [-0.39, 0.29) is 19.6 Å². The molecule has 0 aromatic heterocycles. The van der Waals surface area contributed by atoms with Crippen molar-refractivity contribution in [3.8, 4) is 6.07 Å². The quantitative estimate of drug-likeness (QED) is 0.763. The van der Waals surface area contributed by atoms with Crippen LogP contribution in [0.3, 0.4) is 0 Å². The molecule has 0 saturated heterocycles. The van der Waals surface area contributed by atoms with Gasteiger partial charge in [-0.3, -0.25) is 4.79 Å². The third kappa shape index (κ3) is 4.96. The highest BCUT2D eigenvalue weighted by molar-refractivity contribution is 5.90. The van der Waals surface area contributed by atoms with Crippen molar-refractivity contribution in [2.75, 3.05) is 6.61 Å². The predicted molar refractivity (Wildman–Crippen MR) is 87.0 cm³/mol. The lowest BCUT2D eigenvalue weighted by molar-refractivity contribution is -0.145. The highest BCUT2D eigenvalue weighted by atomic mass is 16.5. The van der Waals surface area contributed by atoms with Gasteiger partial charge < -0.3 is 9.47 Å². The number of benzene rings is 2. The minimum absolute atomic E-state index is 0.00612. The molecule has 0 spiro atoms. The van der Waals surface area contributed by atoms with Crippen molar-refractivity contribution in [3.05, 3.63) is 70.8 Å². The first-order chi connectivity index (χ1) is 11.6. The Morgan fingerprint density at radius 1 is 1.08 bits per heavy atom. The van der Waals surface area contributed by atoms with Crippen LogP contribution in [0.1, 0.15) is 33.5 Å². The molecule has 0 aliphatic carbocycles. The zero-order chi connectivity index (χ0) is 17.4. The molecule has 0 aliphatic heterocycles. The number of nitriles is 1. The van der Waals surface area contributed by atoms with Gasteiger partial charge in [-0.2, -0.15) is 5.26 Å². The van der Waals surface area contributed by atoms with Gasteiger partial charge in [0.15, 0.2) is 0 Å². The van der Waals surface area contributed by atoms with E-state index in [0.717, 1.165) is 5.56 Å². The maximum absolute atomic E-state index is 11.9. The molecule has 5 nitrogen and oxygen atoms in total. The molecule has 0 amide bonds. The Morgan fingerprint density at radius 3 is 2.50 bits per heavy atom. The van der Waals surface area contributed by atoms with Crippen LogP contribution in [0.15, 0.2) is 48.5 Å². The Morgan fingerprint density at radius 2 is 1.83 bits per heavy atom. The summed E-state index contributed by atoms with van der Waals surface area (Å²) in [4.78, 5) is 23.5. The molecule has 2 rings (SSSR count). The van der Waals surface area contributed by atoms with Gasteiger partial charge in [-0.15, -0.1) is 0 Å². The zero-order valence-electron chi connectivity index (χ0n) is 13.3. The van der Waals surface area contributed by atoms with E-state index in [2.05, 4.69) is 0 Å². The average Bonchev–Trinajstić information content (AvgIpc) is 2.60. The van der Waals surface area contributed by atoms with Crippen LogP contribution >= 0.6 is 0 Å². The van der Waals surface area contributed by atoms with E-state index in [1.807, 2.05) is 36.4 Å². The van der Waals surface area contributed by atoms with E-state index in [1.165, 1.54) is 6.07 Å². The summed E-state index contributed by atoms with van der Waals surface area (Å²) in [5, 5.41) is 8.87. The van der Waals surface area contributed by atoms with E-state index in [4.69, 9.17) is 14.7 Å². The molecule has 0 bridgehead atoms. The lowest BCUT2D eigenvalue weighted by Gasteiger charge is -2.07. The van der Waals surface area contributed by atoms with Crippen LogP contribution in [-0.2, 0) is 20.9 Å². The number of esters is 2. The number of nitrogens with zero attached hydrogens (tertiary/aromatic N) is 1. The van der Waals surface area contributed by atoms with Gasteiger partial charge in [-0.1, -0.05) is 30.3 Å². The first-order valence-corrected chi connectivity index (χ1v) is 7.47. The lowest BCUT2D eigenvalue weighted by Crippen LogP contribution is -2.12. The Bertz CT molecular complexity index is 763.